The molecule has 2 aromatic heterocycles. The average Bonchev–Trinajstić information content (AvgIpc) is 2.92. The number of rotatable bonds is 12. The molecule has 0 bridgehead atoms. The van der Waals surface area contributed by atoms with Crippen molar-refractivity contribution < 1.29 is 31.8 Å². The van der Waals surface area contributed by atoms with Crippen LogP contribution in [0.4, 0.5) is 23.4 Å². The Balaban J connectivity index is 1.62. The van der Waals surface area contributed by atoms with Crippen molar-refractivity contribution in [3.8, 4) is 11.5 Å². The molecular weight excluding hydrogens is 514 g/mol. The Morgan fingerprint density at radius 3 is 2.13 bits per heavy atom. The van der Waals surface area contributed by atoms with Crippen molar-refractivity contribution in [1.82, 2.24) is 4.98 Å². The van der Waals surface area contributed by atoms with Crippen molar-refractivity contribution in [3.05, 3.63) is 119 Å². The summed E-state index contributed by atoms with van der Waals surface area (Å²) < 4.78 is 61.3. The standard InChI is InChI=1S/C29H27F4N3O3/c1-35(14-11-20-5-3-2-4-6-20)27-10-8-23(19-34-27)24(17-21-12-15-36(37)16-13-21)22-7-9-25(38-28(30)31)26(18-22)39-29(32)33/h2-10,12-13,15-16,18-19,24,28-29H,11,14,17H2,1H3. The molecule has 1 atom stereocenters. The summed E-state index contributed by atoms with van der Waals surface area (Å²) in [6.45, 7) is -5.68. The molecule has 0 spiro atoms. The second kappa shape index (κ2) is 12.9. The molecule has 4 rings (SSSR count). The molecule has 0 aliphatic heterocycles. The number of benzene rings is 2. The summed E-state index contributed by atoms with van der Waals surface area (Å²) in [6, 6.07) is 21.1. The highest BCUT2D eigenvalue weighted by molar-refractivity contribution is 5.48. The molecule has 6 nitrogen and oxygen atoms in total. The van der Waals surface area contributed by atoms with E-state index in [9.17, 15) is 22.8 Å². The van der Waals surface area contributed by atoms with Crippen LogP contribution < -0.4 is 19.1 Å². The predicted molar refractivity (Wildman–Crippen MR) is 138 cm³/mol. The number of anilines is 1. The topological polar surface area (TPSA) is 61.5 Å². The molecule has 0 saturated carbocycles. The maximum absolute atomic E-state index is 13.1. The van der Waals surface area contributed by atoms with Crippen molar-refractivity contribution in [1.29, 1.82) is 0 Å². The van der Waals surface area contributed by atoms with Gasteiger partial charge in [-0.2, -0.15) is 22.3 Å². The molecule has 10 heteroatoms. The number of alkyl halides is 4. The molecule has 0 saturated heterocycles. The molecule has 0 radical (unpaired) electrons. The Morgan fingerprint density at radius 1 is 0.821 bits per heavy atom. The summed E-state index contributed by atoms with van der Waals surface area (Å²) in [7, 11) is 1.94. The van der Waals surface area contributed by atoms with E-state index in [0.717, 1.165) is 29.9 Å². The number of halogens is 4. The number of hydrogen-bond donors (Lipinski definition) is 0. The summed E-state index contributed by atoms with van der Waals surface area (Å²) in [5.74, 6) is -0.649. The molecule has 0 aliphatic carbocycles. The van der Waals surface area contributed by atoms with Crippen molar-refractivity contribution in [2.45, 2.75) is 32.0 Å². The third kappa shape index (κ3) is 7.83. The first-order valence-corrected chi connectivity index (χ1v) is 12.2. The van der Waals surface area contributed by atoms with Gasteiger partial charge >= 0.3 is 13.2 Å². The van der Waals surface area contributed by atoms with Crippen LogP contribution in [0.3, 0.4) is 0 Å². The number of nitrogens with zero attached hydrogens (tertiary/aromatic N) is 3. The number of aromatic nitrogens is 2. The van der Waals surface area contributed by atoms with Crippen LogP contribution in [0.25, 0.3) is 0 Å². The third-order valence-electron chi connectivity index (χ3n) is 6.26. The molecular formula is C29H27F4N3O3. The zero-order valence-corrected chi connectivity index (χ0v) is 21.1. The molecule has 39 heavy (non-hydrogen) atoms. The van der Waals surface area contributed by atoms with Gasteiger partial charge in [-0.25, -0.2) is 4.98 Å². The number of likely N-dealkylation sites (N-methyl/N-ethyl adjacent to an activating group) is 1. The Morgan fingerprint density at radius 2 is 1.49 bits per heavy atom. The first-order chi connectivity index (χ1) is 18.8. The van der Waals surface area contributed by atoms with Gasteiger partial charge < -0.3 is 19.6 Å². The fraction of sp³-hybridized carbons (Fsp3) is 0.241. The van der Waals surface area contributed by atoms with Crippen molar-refractivity contribution in [3.63, 3.8) is 0 Å². The van der Waals surface area contributed by atoms with Gasteiger partial charge in [0.1, 0.15) is 5.82 Å². The summed E-state index contributed by atoms with van der Waals surface area (Å²) in [4.78, 5) is 6.65. The first kappa shape index (κ1) is 27.7. The molecule has 4 aromatic rings. The average molecular weight is 542 g/mol. The van der Waals surface area contributed by atoms with Gasteiger partial charge in [-0.3, -0.25) is 0 Å². The van der Waals surface area contributed by atoms with E-state index < -0.39 is 30.6 Å². The Labute approximate surface area is 223 Å². The van der Waals surface area contributed by atoms with Crippen LogP contribution in [0.5, 0.6) is 11.5 Å². The molecule has 0 amide bonds. The molecule has 0 N–H and O–H groups in total. The van der Waals surface area contributed by atoms with E-state index in [1.807, 2.05) is 42.3 Å². The van der Waals surface area contributed by atoms with Crippen molar-refractivity contribution in [2.24, 2.45) is 0 Å². The van der Waals surface area contributed by atoms with Crippen LogP contribution in [-0.2, 0) is 12.8 Å². The van der Waals surface area contributed by atoms with Crippen LogP contribution in [0.15, 0.2) is 91.4 Å². The minimum atomic E-state index is -3.23. The highest BCUT2D eigenvalue weighted by Gasteiger charge is 2.21. The Kier molecular flexibility index (Phi) is 9.19. The monoisotopic (exact) mass is 541 g/mol. The van der Waals surface area contributed by atoms with Gasteiger partial charge in [0.05, 0.1) is 0 Å². The van der Waals surface area contributed by atoms with Gasteiger partial charge in [-0.05, 0) is 53.3 Å². The van der Waals surface area contributed by atoms with E-state index in [1.54, 1.807) is 18.3 Å². The summed E-state index contributed by atoms with van der Waals surface area (Å²) in [6.07, 6.45) is 5.65. The van der Waals surface area contributed by atoms with Crippen LogP contribution in [0.2, 0.25) is 0 Å². The lowest BCUT2D eigenvalue weighted by Gasteiger charge is -2.22. The highest BCUT2D eigenvalue weighted by atomic mass is 19.3. The molecule has 0 fully saturated rings. The lowest BCUT2D eigenvalue weighted by Crippen LogP contribution is -2.24. The van der Waals surface area contributed by atoms with Gasteiger partial charge in [-0.15, -0.1) is 0 Å². The lowest BCUT2D eigenvalue weighted by molar-refractivity contribution is -0.605. The van der Waals surface area contributed by atoms with Crippen LogP contribution in [0, 0.1) is 5.21 Å². The lowest BCUT2D eigenvalue weighted by atomic mass is 9.86. The summed E-state index contributed by atoms with van der Waals surface area (Å²) >= 11 is 0. The number of ether oxygens (including phenoxy) is 2. The van der Waals surface area contributed by atoms with Crippen molar-refractivity contribution >= 4 is 5.82 Å². The van der Waals surface area contributed by atoms with Gasteiger partial charge in [0.15, 0.2) is 23.9 Å². The van der Waals surface area contributed by atoms with E-state index >= 15 is 0 Å². The Hall–Kier alpha value is -4.34. The quantitative estimate of drug-likeness (QED) is 0.126. The SMILES string of the molecule is CN(CCc1ccccc1)c1ccc(C(Cc2cc[n+]([O-])cc2)c2ccc(OC(F)F)c(OC(F)F)c2)cn1. The van der Waals surface area contributed by atoms with E-state index in [-0.39, 0.29) is 0 Å². The fourth-order valence-corrected chi connectivity index (χ4v) is 4.25. The minimum absolute atomic E-state index is 0.384. The highest BCUT2D eigenvalue weighted by Crippen LogP contribution is 2.37. The third-order valence-corrected chi connectivity index (χ3v) is 6.26. The first-order valence-electron chi connectivity index (χ1n) is 12.2. The van der Waals surface area contributed by atoms with E-state index in [4.69, 9.17) is 0 Å². The molecule has 1 unspecified atom stereocenters. The van der Waals surface area contributed by atoms with Crippen LogP contribution >= 0.6 is 0 Å². The zero-order chi connectivity index (χ0) is 27.8. The van der Waals surface area contributed by atoms with Gasteiger partial charge in [0.2, 0.25) is 0 Å². The second-order valence-corrected chi connectivity index (χ2v) is 8.89. The minimum Gasteiger partial charge on any atom is -0.619 e. The Bertz CT molecular complexity index is 1320. The zero-order valence-electron chi connectivity index (χ0n) is 21.1. The number of hydrogen-bond acceptors (Lipinski definition) is 5. The largest absolute Gasteiger partial charge is 0.619 e. The van der Waals surface area contributed by atoms with Crippen LogP contribution in [0.1, 0.15) is 28.2 Å². The van der Waals surface area contributed by atoms with Crippen molar-refractivity contribution in [2.75, 3.05) is 18.5 Å². The number of pyridine rings is 2. The molecule has 2 aromatic carbocycles. The maximum Gasteiger partial charge on any atom is 0.387 e. The summed E-state index contributed by atoms with van der Waals surface area (Å²) in [5.41, 5.74) is 3.31. The molecule has 204 valence electrons. The predicted octanol–water partition coefficient (Wildman–Crippen LogP) is 5.97. The van der Waals surface area contributed by atoms with Gasteiger partial charge in [-0.1, -0.05) is 42.5 Å². The normalized spacial score (nSPS) is 12.0. The fourth-order valence-electron chi connectivity index (χ4n) is 4.25. The van der Waals surface area contributed by atoms with E-state index in [2.05, 4.69) is 26.6 Å². The van der Waals surface area contributed by atoms with Gasteiger partial charge in [0.25, 0.3) is 0 Å². The van der Waals surface area contributed by atoms with Crippen LogP contribution in [-0.4, -0.2) is 31.8 Å². The summed E-state index contributed by atoms with van der Waals surface area (Å²) in [5, 5.41) is 11.5. The van der Waals surface area contributed by atoms with E-state index in [0.29, 0.717) is 16.7 Å². The second-order valence-electron chi connectivity index (χ2n) is 8.89. The maximum atomic E-state index is 13.1. The smallest absolute Gasteiger partial charge is 0.387 e. The molecule has 0 aliphatic rings. The molecule has 2 heterocycles. The van der Waals surface area contributed by atoms with E-state index in [1.165, 1.54) is 36.2 Å². The van der Waals surface area contributed by atoms with Gasteiger partial charge in [0, 0.05) is 37.8 Å².